The molecule has 0 aromatic heterocycles. The minimum atomic E-state index is -1.13. The van der Waals surface area contributed by atoms with Crippen LogP contribution in [0.3, 0.4) is 0 Å². The summed E-state index contributed by atoms with van der Waals surface area (Å²) in [5, 5.41) is 23.1. The molecule has 1 heterocycles. The van der Waals surface area contributed by atoms with Crippen molar-refractivity contribution in [2.75, 3.05) is 6.61 Å². The molecule has 7 heteroatoms. The van der Waals surface area contributed by atoms with Crippen LogP contribution in [-0.4, -0.2) is 53.4 Å². The Morgan fingerprint density at radius 1 is 1.00 bits per heavy atom. The van der Waals surface area contributed by atoms with Crippen molar-refractivity contribution in [1.29, 1.82) is 0 Å². The zero-order valence-electron chi connectivity index (χ0n) is 16.3. The Bertz CT molecular complexity index is 756. The minimum Gasteiger partial charge on any atom is -0.394 e. The van der Waals surface area contributed by atoms with Gasteiger partial charge in [0.1, 0.15) is 24.4 Å². The number of ether oxygens (including phenoxy) is 3. The van der Waals surface area contributed by atoms with E-state index in [-0.39, 0.29) is 19.1 Å². The normalized spacial score (nSPS) is 26.8. The van der Waals surface area contributed by atoms with Crippen molar-refractivity contribution in [2.24, 2.45) is 0 Å². The Labute approximate surface area is 170 Å². The lowest BCUT2D eigenvalue weighted by Gasteiger charge is -2.44. The van der Waals surface area contributed by atoms with Gasteiger partial charge in [0.2, 0.25) is 5.91 Å². The number of aliphatic hydroxyl groups is 2. The molecule has 0 saturated carbocycles. The number of amides is 1. The van der Waals surface area contributed by atoms with E-state index in [0.717, 1.165) is 11.1 Å². The van der Waals surface area contributed by atoms with Crippen LogP contribution in [0.4, 0.5) is 0 Å². The van der Waals surface area contributed by atoms with E-state index in [4.69, 9.17) is 14.2 Å². The van der Waals surface area contributed by atoms with Crippen LogP contribution < -0.4 is 5.32 Å². The third kappa shape index (κ3) is 5.85. The van der Waals surface area contributed by atoms with Crippen LogP contribution in [0.1, 0.15) is 18.1 Å². The van der Waals surface area contributed by atoms with Gasteiger partial charge in [0, 0.05) is 6.92 Å². The van der Waals surface area contributed by atoms with Crippen molar-refractivity contribution in [3.63, 3.8) is 0 Å². The van der Waals surface area contributed by atoms with Gasteiger partial charge in [-0.3, -0.25) is 4.79 Å². The molecule has 1 amide bonds. The molecule has 0 aliphatic carbocycles. The van der Waals surface area contributed by atoms with E-state index in [9.17, 15) is 15.0 Å². The number of aliphatic hydroxyl groups excluding tert-OH is 2. The molecule has 1 unspecified atom stereocenters. The maximum atomic E-state index is 11.8. The lowest BCUT2D eigenvalue weighted by atomic mass is 9.96. The number of rotatable bonds is 8. The smallest absolute Gasteiger partial charge is 0.217 e. The topological polar surface area (TPSA) is 97.3 Å². The van der Waals surface area contributed by atoms with E-state index < -0.39 is 37.3 Å². The standard InChI is InChI=1S/C22H27NO6/c1-15(25)23-19-21(27-13-16-8-4-2-5-9-16)20(26)18(12-24)29-22(19)28-14-17-10-6-3-7-11-17/h2-11,18-22,24,26H,12-14H2,1H3,(H,23,25)/t18-,19-,20-,21-,22?/m1/s1. The summed E-state index contributed by atoms with van der Waals surface area (Å²) in [4.78, 5) is 11.8. The minimum absolute atomic E-state index is 0.238. The quantitative estimate of drug-likeness (QED) is 0.618. The second-order valence-corrected chi connectivity index (χ2v) is 7.00. The van der Waals surface area contributed by atoms with Crippen molar-refractivity contribution in [3.8, 4) is 0 Å². The molecule has 1 fully saturated rings. The van der Waals surface area contributed by atoms with Crippen molar-refractivity contribution >= 4 is 5.91 Å². The number of hydrogen-bond donors (Lipinski definition) is 3. The molecule has 7 nitrogen and oxygen atoms in total. The summed E-state index contributed by atoms with van der Waals surface area (Å²) in [5.74, 6) is -0.296. The van der Waals surface area contributed by atoms with Crippen LogP contribution >= 0.6 is 0 Å². The summed E-state index contributed by atoms with van der Waals surface area (Å²) in [5.41, 5.74) is 1.86. The van der Waals surface area contributed by atoms with Gasteiger partial charge in [0.05, 0.1) is 19.8 Å². The van der Waals surface area contributed by atoms with Gasteiger partial charge in [0.15, 0.2) is 6.29 Å². The van der Waals surface area contributed by atoms with E-state index in [1.165, 1.54) is 6.92 Å². The van der Waals surface area contributed by atoms with Crippen LogP contribution in [0.15, 0.2) is 60.7 Å². The first kappa shape index (κ1) is 21.4. The highest BCUT2D eigenvalue weighted by molar-refractivity contribution is 5.73. The molecule has 3 N–H and O–H groups in total. The van der Waals surface area contributed by atoms with E-state index in [2.05, 4.69) is 5.32 Å². The SMILES string of the molecule is CC(=O)N[C@H]1C(OCc2ccccc2)O[C@H](CO)[C@@H](O)[C@@H]1OCc1ccccc1. The maximum absolute atomic E-state index is 11.8. The molecule has 156 valence electrons. The molecule has 0 spiro atoms. The van der Waals surface area contributed by atoms with Crippen molar-refractivity contribution in [2.45, 2.75) is 50.8 Å². The summed E-state index contributed by atoms with van der Waals surface area (Å²) in [6.45, 7) is 1.47. The Hall–Kier alpha value is -2.29. The van der Waals surface area contributed by atoms with E-state index in [0.29, 0.717) is 0 Å². The Balaban J connectivity index is 1.76. The van der Waals surface area contributed by atoms with E-state index in [1.807, 2.05) is 60.7 Å². The number of carbonyl (C=O) groups excluding carboxylic acids is 1. The molecular formula is C22H27NO6. The largest absolute Gasteiger partial charge is 0.394 e. The third-order valence-electron chi connectivity index (χ3n) is 4.77. The predicted octanol–water partition coefficient (Wildman–Crippen LogP) is 1.37. The summed E-state index contributed by atoms with van der Waals surface area (Å²) in [6.07, 6.45) is -3.72. The van der Waals surface area contributed by atoms with Gasteiger partial charge in [-0.1, -0.05) is 60.7 Å². The molecule has 1 saturated heterocycles. The van der Waals surface area contributed by atoms with Gasteiger partial charge in [-0.15, -0.1) is 0 Å². The molecule has 29 heavy (non-hydrogen) atoms. The van der Waals surface area contributed by atoms with Crippen molar-refractivity contribution in [1.82, 2.24) is 5.32 Å². The molecule has 2 aromatic carbocycles. The fraction of sp³-hybridized carbons (Fsp3) is 0.409. The van der Waals surface area contributed by atoms with Crippen LogP contribution in [0, 0.1) is 0 Å². The zero-order chi connectivity index (χ0) is 20.6. The van der Waals surface area contributed by atoms with Crippen molar-refractivity contribution in [3.05, 3.63) is 71.8 Å². The molecule has 0 radical (unpaired) electrons. The number of benzene rings is 2. The van der Waals surface area contributed by atoms with Crippen LogP contribution in [0.2, 0.25) is 0 Å². The summed E-state index contributed by atoms with van der Waals surface area (Å²) >= 11 is 0. The average Bonchev–Trinajstić information content (AvgIpc) is 2.74. The fourth-order valence-electron chi connectivity index (χ4n) is 3.32. The predicted molar refractivity (Wildman–Crippen MR) is 106 cm³/mol. The molecule has 5 atom stereocenters. The Kier molecular flexibility index (Phi) is 7.74. The van der Waals surface area contributed by atoms with Crippen LogP contribution in [-0.2, 0) is 32.2 Å². The van der Waals surface area contributed by atoms with E-state index in [1.54, 1.807) is 0 Å². The van der Waals surface area contributed by atoms with Gasteiger partial charge in [0.25, 0.3) is 0 Å². The zero-order valence-corrected chi connectivity index (χ0v) is 16.3. The molecule has 1 aliphatic heterocycles. The van der Waals surface area contributed by atoms with Crippen LogP contribution in [0.5, 0.6) is 0 Å². The lowest BCUT2D eigenvalue weighted by molar-refractivity contribution is -0.281. The maximum Gasteiger partial charge on any atom is 0.217 e. The van der Waals surface area contributed by atoms with Gasteiger partial charge >= 0.3 is 0 Å². The fourth-order valence-corrected chi connectivity index (χ4v) is 3.32. The first-order chi connectivity index (χ1) is 14.1. The number of nitrogens with one attached hydrogen (secondary N) is 1. The third-order valence-corrected chi connectivity index (χ3v) is 4.77. The summed E-state index contributed by atoms with van der Waals surface area (Å²) in [7, 11) is 0. The molecular weight excluding hydrogens is 374 g/mol. The highest BCUT2D eigenvalue weighted by Gasteiger charge is 2.46. The molecule has 2 aromatic rings. The van der Waals surface area contributed by atoms with Gasteiger partial charge < -0.3 is 29.7 Å². The van der Waals surface area contributed by atoms with E-state index >= 15 is 0 Å². The first-order valence-electron chi connectivity index (χ1n) is 9.61. The van der Waals surface area contributed by atoms with Gasteiger partial charge in [-0.05, 0) is 11.1 Å². The Morgan fingerprint density at radius 3 is 2.07 bits per heavy atom. The lowest BCUT2D eigenvalue weighted by Crippen LogP contribution is -2.65. The van der Waals surface area contributed by atoms with Gasteiger partial charge in [-0.2, -0.15) is 0 Å². The van der Waals surface area contributed by atoms with Gasteiger partial charge in [-0.25, -0.2) is 0 Å². The molecule has 3 rings (SSSR count). The first-order valence-corrected chi connectivity index (χ1v) is 9.61. The Morgan fingerprint density at radius 2 is 1.55 bits per heavy atom. The summed E-state index contributed by atoms with van der Waals surface area (Å²) in [6, 6.07) is 18.3. The highest BCUT2D eigenvalue weighted by Crippen LogP contribution is 2.26. The second-order valence-electron chi connectivity index (χ2n) is 7.00. The molecule has 0 bridgehead atoms. The molecule has 1 aliphatic rings. The monoisotopic (exact) mass is 401 g/mol. The second kappa shape index (κ2) is 10.5. The summed E-state index contributed by atoms with van der Waals surface area (Å²) < 4.78 is 17.6. The van der Waals surface area contributed by atoms with Crippen molar-refractivity contribution < 1.29 is 29.2 Å². The van der Waals surface area contributed by atoms with Crippen LogP contribution in [0.25, 0.3) is 0 Å². The number of carbonyl (C=O) groups is 1. The number of hydrogen-bond acceptors (Lipinski definition) is 6. The average molecular weight is 401 g/mol. The highest BCUT2D eigenvalue weighted by atomic mass is 16.7.